The molecule has 1 aliphatic heterocycles. The smallest absolute Gasteiger partial charge is 0.163 e. The maximum Gasteiger partial charge on any atom is 0.163 e. The minimum atomic E-state index is -0.458. The van der Waals surface area contributed by atoms with Gasteiger partial charge in [-0.05, 0) is 38.0 Å². The maximum absolute atomic E-state index is 6.16. The third-order valence-corrected chi connectivity index (χ3v) is 5.05. The van der Waals surface area contributed by atoms with Gasteiger partial charge in [0.05, 0.1) is 29.8 Å². The normalized spacial score (nSPS) is 35.0. The number of aromatic nitrogens is 2. The second kappa shape index (κ2) is 3.76. The van der Waals surface area contributed by atoms with Crippen LogP contribution < -0.4 is 0 Å². The lowest BCUT2D eigenvalue weighted by Gasteiger charge is -2.23. The van der Waals surface area contributed by atoms with Crippen LogP contribution in [-0.2, 0) is 9.47 Å². The molecule has 2 aliphatic carbocycles. The highest BCUT2D eigenvalue weighted by Gasteiger charge is 2.60. The van der Waals surface area contributed by atoms with Crippen LogP contribution in [0.1, 0.15) is 43.4 Å². The molecule has 21 heavy (non-hydrogen) atoms. The number of benzene rings is 1. The molecule has 4 heteroatoms. The van der Waals surface area contributed by atoms with Crippen molar-refractivity contribution in [3.63, 3.8) is 0 Å². The number of hydrogen-bond acceptors (Lipinski definition) is 3. The lowest BCUT2D eigenvalue weighted by atomic mass is 9.93. The van der Waals surface area contributed by atoms with Gasteiger partial charge < -0.3 is 9.47 Å². The van der Waals surface area contributed by atoms with Gasteiger partial charge >= 0.3 is 0 Å². The second-order valence-electron chi connectivity index (χ2n) is 6.75. The van der Waals surface area contributed by atoms with Gasteiger partial charge in [-0.15, -0.1) is 0 Å². The molecule has 5 rings (SSSR count). The van der Waals surface area contributed by atoms with Crippen LogP contribution in [0.15, 0.2) is 36.5 Å². The van der Waals surface area contributed by atoms with E-state index in [0.717, 1.165) is 12.1 Å². The van der Waals surface area contributed by atoms with E-state index in [2.05, 4.69) is 34.0 Å². The summed E-state index contributed by atoms with van der Waals surface area (Å²) in [7, 11) is 0. The summed E-state index contributed by atoms with van der Waals surface area (Å²) in [6.45, 7) is 4.03. The first-order valence-corrected chi connectivity index (χ1v) is 7.63. The maximum atomic E-state index is 6.16. The summed E-state index contributed by atoms with van der Waals surface area (Å²) in [6.07, 6.45) is 3.53. The van der Waals surface area contributed by atoms with Crippen LogP contribution in [0, 0.1) is 0 Å². The molecule has 1 aromatic carbocycles. The Balaban J connectivity index is 1.61. The van der Waals surface area contributed by atoms with Crippen LogP contribution in [0.5, 0.6) is 0 Å². The van der Waals surface area contributed by atoms with Crippen molar-refractivity contribution in [3.05, 3.63) is 47.8 Å². The molecule has 3 aliphatic rings. The summed E-state index contributed by atoms with van der Waals surface area (Å²) < 4.78 is 14.4. The Bertz CT molecular complexity index is 707. The summed E-state index contributed by atoms with van der Waals surface area (Å²) >= 11 is 0. The van der Waals surface area contributed by atoms with Gasteiger partial charge in [-0.25, -0.2) is 4.68 Å². The molecule has 2 fully saturated rings. The molecular formula is C17H18N2O2. The minimum absolute atomic E-state index is 0.177. The van der Waals surface area contributed by atoms with Crippen LogP contribution in [0.3, 0.4) is 0 Å². The molecule has 0 N–H and O–H groups in total. The molecule has 0 unspecified atom stereocenters. The molecule has 0 radical (unpaired) electrons. The Morgan fingerprint density at radius 2 is 1.81 bits per heavy atom. The van der Waals surface area contributed by atoms with Crippen molar-refractivity contribution < 1.29 is 9.47 Å². The van der Waals surface area contributed by atoms with Gasteiger partial charge in [-0.2, -0.15) is 5.10 Å². The molecule has 0 spiro atoms. The van der Waals surface area contributed by atoms with Gasteiger partial charge in [-0.1, -0.05) is 18.2 Å². The molecule has 2 heterocycles. The molecule has 2 aromatic rings. The molecule has 4 atom stereocenters. The monoisotopic (exact) mass is 282 g/mol. The van der Waals surface area contributed by atoms with E-state index in [-0.39, 0.29) is 12.2 Å². The van der Waals surface area contributed by atoms with Crippen molar-refractivity contribution in [3.8, 4) is 5.69 Å². The van der Waals surface area contributed by atoms with Gasteiger partial charge in [0.15, 0.2) is 5.79 Å². The van der Waals surface area contributed by atoms with E-state index >= 15 is 0 Å². The zero-order valence-electron chi connectivity index (χ0n) is 12.2. The number of hydrogen-bond donors (Lipinski definition) is 0. The van der Waals surface area contributed by atoms with Crippen molar-refractivity contribution in [2.24, 2.45) is 0 Å². The molecule has 1 saturated carbocycles. The molecule has 0 amide bonds. The van der Waals surface area contributed by atoms with E-state index in [0.29, 0.717) is 11.8 Å². The highest BCUT2D eigenvalue weighted by molar-refractivity contribution is 5.45. The Morgan fingerprint density at radius 1 is 1.10 bits per heavy atom. The molecule has 108 valence electrons. The lowest BCUT2D eigenvalue weighted by Crippen LogP contribution is -2.29. The van der Waals surface area contributed by atoms with Gasteiger partial charge in [0, 0.05) is 11.8 Å². The molecular weight excluding hydrogens is 264 g/mol. The zero-order chi connectivity index (χ0) is 14.2. The van der Waals surface area contributed by atoms with Gasteiger partial charge in [0.25, 0.3) is 0 Å². The van der Waals surface area contributed by atoms with Gasteiger partial charge in [0.2, 0.25) is 0 Å². The van der Waals surface area contributed by atoms with Crippen molar-refractivity contribution in [1.29, 1.82) is 0 Å². The quantitative estimate of drug-likeness (QED) is 0.807. The third kappa shape index (κ3) is 1.49. The van der Waals surface area contributed by atoms with Crippen molar-refractivity contribution in [2.75, 3.05) is 0 Å². The van der Waals surface area contributed by atoms with Crippen LogP contribution in [-0.4, -0.2) is 27.8 Å². The summed E-state index contributed by atoms with van der Waals surface area (Å²) in [5.74, 6) is 0.384. The van der Waals surface area contributed by atoms with Crippen LogP contribution in [0.4, 0.5) is 0 Å². The van der Waals surface area contributed by atoms with Crippen molar-refractivity contribution >= 4 is 0 Å². The summed E-state index contributed by atoms with van der Waals surface area (Å²) in [6, 6.07) is 10.3. The summed E-state index contributed by atoms with van der Waals surface area (Å²) in [4.78, 5) is 0. The average molecular weight is 282 g/mol. The van der Waals surface area contributed by atoms with Crippen molar-refractivity contribution in [2.45, 2.75) is 50.1 Å². The Morgan fingerprint density at radius 3 is 2.57 bits per heavy atom. The predicted octanol–water partition coefficient (Wildman–Crippen LogP) is 2.98. The zero-order valence-corrected chi connectivity index (χ0v) is 12.2. The van der Waals surface area contributed by atoms with Crippen LogP contribution >= 0.6 is 0 Å². The average Bonchev–Trinajstić information content (AvgIpc) is 3.15. The van der Waals surface area contributed by atoms with Crippen LogP contribution in [0.25, 0.3) is 5.69 Å². The number of fused-ring (bicyclic) bond motifs is 8. The lowest BCUT2D eigenvalue weighted by molar-refractivity contribution is -0.153. The molecule has 2 bridgehead atoms. The summed E-state index contributed by atoms with van der Waals surface area (Å²) in [5, 5.41) is 4.62. The predicted molar refractivity (Wildman–Crippen MR) is 77.5 cm³/mol. The van der Waals surface area contributed by atoms with Gasteiger partial charge in [0.1, 0.15) is 0 Å². The Hall–Kier alpha value is -1.65. The van der Waals surface area contributed by atoms with E-state index in [4.69, 9.17) is 9.47 Å². The molecule has 1 saturated heterocycles. The number of ether oxygens (including phenoxy) is 2. The standard InChI is InChI=1S/C17H18N2O2/c1-17(2)20-15-11-8-12(16(15)21-17)14-13(11)9-18-19(14)10-6-4-3-5-7-10/h3-7,9,11-12,15-16H,8H2,1-2H3/t11-,12+,15-,16+/m1/s1. The first-order valence-electron chi connectivity index (χ1n) is 7.63. The summed E-state index contributed by atoms with van der Waals surface area (Å²) in [5.41, 5.74) is 3.81. The van der Waals surface area contributed by atoms with E-state index in [1.165, 1.54) is 11.3 Å². The van der Waals surface area contributed by atoms with E-state index in [1.807, 2.05) is 26.1 Å². The van der Waals surface area contributed by atoms with Crippen LogP contribution in [0.2, 0.25) is 0 Å². The SMILES string of the molecule is CC1(C)O[C@@H]2[C@H](O1)[C@@H]1C[C@H]2c2c1cnn2-c1ccccc1. The first kappa shape index (κ1) is 12.0. The highest BCUT2D eigenvalue weighted by atomic mass is 16.8. The fourth-order valence-electron chi connectivity index (χ4n) is 4.35. The topological polar surface area (TPSA) is 36.3 Å². The molecule has 1 aromatic heterocycles. The Labute approximate surface area is 123 Å². The fourth-order valence-corrected chi connectivity index (χ4v) is 4.35. The van der Waals surface area contributed by atoms with E-state index in [1.54, 1.807) is 0 Å². The van der Waals surface area contributed by atoms with E-state index in [9.17, 15) is 0 Å². The number of rotatable bonds is 1. The van der Waals surface area contributed by atoms with Gasteiger partial charge in [-0.3, -0.25) is 0 Å². The second-order valence-corrected chi connectivity index (χ2v) is 6.75. The molecule has 4 nitrogen and oxygen atoms in total. The highest BCUT2D eigenvalue weighted by Crippen LogP contribution is 2.59. The van der Waals surface area contributed by atoms with Crippen molar-refractivity contribution in [1.82, 2.24) is 9.78 Å². The first-order chi connectivity index (χ1) is 10.1. The fraction of sp³-hybridized carbons (Fsp3) is 0.471. The third-order valence-electron chi connectivity index (χ3n) is 5.05. The van der Waals surface area contributed by atoms with E-state index < -0.39 is 5.79 Å². The Kier molecular flexibility index (Phi) is 2.14. The number of nitrogens with zero attached hydrogens (tertiary/aromatic N) is 2. The largest absolute Gasteiger partial charge is 0.344 e. The number of para-hydroxylation sites is 1. The minimum Gasteiger partial charge on any atom is -0.344 e.